The maximum Gasteiger partial charge on any atom is 0.472 e. The molecule has 2 N–H and O–H groups in total. The first-order chi connectivity index (χ1) is 40.2. The summed E-state index contributed by atoms with van der Waals surface area (Å²) in [7, 11) is -4.77. The molecule has 0 aromatic heterocycles. The highest BCUT2D eigenvalue weighted by atomic mass is 31.2. The van der Waals surface area contributed by atoms with Crippen molar-refractivity contribution in [1.82, 2.24) is 0 Å². The van der Waals surface area contributed by atoms with Crippen LogP contribution in [0.4, 0.5) is 0 Å². The third-order valence-electron chi connectivity index (χ3n) is 14.0. The van der Waals surface area contributed by atoms with Crippen LogP contribution in [0.15, 0.2) is 97.2 Å². The number of rotatable bonds is 61. The van der Waals surface area contributed by atoms with E-state index >= 15 is 0 Å². The van der Waals surface area contributed by atoms with E-state index in [2.05, 4.69) is 118 Å². The molecular formula is C70H121O11P. The molecule has 0 aliphatic heterocycles. The molecule has 3 unspecified atom stereocenters. The van der Waals surface area contributed by atoms with E-state index in [1.807, 2.05) is 0 Å². The van der Waals surface area contributed by atoms with E-state index in [0.29, 0.717) is 19.3 Å². The molecule has 0 spiro atoms. The summed E-state index contributed by atoms with van der Waals surface area (Å²) < 4.78 is 39.7. The number of carbonyl (C=O) groups is 3. The van der Waals surface area contributed by atoms with Gasteiger partial charge in [-0.15, -0.1) is 0 Å². The number of hydrogen-bond donors (Lipinski definition) is 2. The zero-order valence-corrected chi connectivity index (χ0v) is 53.3. The smallest absolute Gasteiger partial charge is 0.462 e. The summed E-state index contributed by atoms with van der Waals surface area (Å²) >= 11 is 0. The lowest BCUT2D eigenvalue weighted by molar-refractivity contribution is -0.161. The molecule has 3 atom stereocenters. The second-order valence-electron chi connectivity index (χ2n) is 21.9. The van der Waals surface area contributed by atoms with Gasteiger partial charge in [0, 0.05) is 19.3 Å². The second-order valence-corrected chi connectivity index (χ2v) is 23.3. The number of aliphatic hydroxyl groups excluding tert-OH is 1. The molecule has 0 radical (unpaired) electrons. The van der Waals surface area contributed by atoms with Crippen LogP contribution >= 0.6 is 7.82 Å². The summed E-state index contributed by atoms with van der Waals surface area (Å²) in [5.41, 5.74) is 0. The lowest BCUT2D eigenvalue weighted by atomic mass is 10.1. The molecular weight excluding hydrogens is 1050 g/mol. The predicted octanol–water partition coefficient (Wildman–Crippen LogP) is 20.4. The molecule has 0 aliphatic carbocycles. The van der Waals surface area contributed by atoms with Gasteiger partial charge in [0.25, 0.3) is 0 Å². The van der Waals surface area contributed by atoms with Crippen molar-refractivity contribution in [2.45, 2.75) is 303 Å². The first-order valence-electron chi connectivity index (χ1n) is 33.1. The summed E-state index contributed by atoms with van der Waals surface area (Å²) in [6, 6.07) is 0. The molecule has 0 saturated carbocycles. The number of ether oxygens (including phenoxy) is 3. The molecule has 0 aromatic carbocycles. The van der Waals surface area contributed by atoms with Crippen molar-refractivity contribution >= 4 is 25.7 Å². The summed E-state index contributed by atoms with van der Waals surface area (Å²) in [5, 5.41) is 9.86. The van der Waals surface area contributed by atoms with Crippen LogP contribution in [0, 0.1) is 0 Å². The van der Waals surface area contributed by atoms with Crippen molar-refractivity contribution < 1.29 is 52.2 Å². The maximum absolute atomic E-state index is 13.0. The Hall–Kier alpha value is -3.60. The zero-order valence-electron chi connectivity index (χ0n) is 52.4. The van der Waals surface area contributed by atoms with E-state index in [4.69, 9.17) is 23.3 Å². The van der Waals surface area contributed by atoms with Crippen LogP contribution in [0.1, 0.15) is 290 Å². The van der Waals surface area contributed by atoms with Crippen LogP contribution in [0.3, 0.4) is 0 Å². The highest BCUT2D eigenvalue weighted by Crippen LogP contribution is 2.43. The highest BCUT2D eigenvalue weighted by Gasteiger charge is 2.28. The van der Waals surface area contributed by atoms with Crippen LogP contribution in [-0.4, -0.2) is 66.5 Å². The molecule has 0 heterocycles. The number of carbonyl (C=O) groups excluding carboxylic acids is 3. The average Bonchev–Trinajstić information content (AvgIpc) is 3.50. The molecule has 11 nitrogen and oxygen atoms in total. The topological polar surface area (TPSA) is 155 Å². The fraction of sp³-hybridized carbons (Fsp3) is 0.729. The third-order valence-corrected chi connectivity index (χ3v) is 14.9. The maximum atomic E-state index is 13.0. The number of phosphoric ester groups is 1. The van der Waals surface area contributed by atoms with E-state index in [1.54, 1.807) is 0 Å². The first-order valence-corrected chi connectivity index (χ1v) is 34.6. The Morgan fingerprint density at radius 2 is 0.634 bits per heavy atom. The van der Waals surface area contributed by atoms with Gasteiger partial charge in [-0.25, -0.2) is 4.57 Å². The third kappa shape index (κ3) is 61.0. The Morgan fingerprint density at radius 1 is 0.354 bits per heavy atom. The van der Waals surface area contributed by atoms with E-state index in [1.165, 1.54) is 96.3 Å². The van der Waals surface area contributed by atoms with E-state index in [0.717, 1.165) is 135 Å². The van der Waals surface area contributed by atoms with E-state index in [-0.39, 0.29) is 25.9 Å². The van der Waals surface area contributed by atoms with E-state index in [9.17, 15) is 28.9 Å². The van der Waals surface area contributed by atoms with Gasteiger partial charge in [-0.05, 0) is 116 Å². The molecule has 0 saturated heterocycles. The van der Waals surface area contributed by atoms with Crippen LogP contribution in [-0.2, 0) is 42.2 Å². The van der Waals surface area contributed by atoms with Gasteiger partial charge in [0.15, 0.2) is 6.10 Å². The number of unbranched alkanes of at least 4 members (excludes halogenated alkanes) is 28. The van der Waals surface area contributed by atoms with E-state index < -0.39 is 57.8 Å². The fourth-order valence-corrected chi connectivity index (χ4v) is 9.79. The quantitative estimate of drug-likeness (QED) is 0.0197. The summed E-state index contributed by atoms with van der Waals surface area (Å²) in [5.74, 6) is -1.49. The number of allylic oxidation sites excluding steroid dienone is 16. The standard InChI is InChI=1S/C70H121O11P/c1-4-7-10-13-16-19-22-25-28-31-33-36-38-41-44-47-50-53-56-59-68(72)77-63-67(81-70(74)61-58-55-52-49-46-43-40-37-34-32-29-26-23-20-17-14-11-8-5-2)65-79-82(75,76)78-64-66(62-71)80-69(73)60-57-54-51-48-45-42-39-35-30-27-24-21-18-15-12-9-6-3/h8-9,11-12,17-18,20-21,25-30,34,37,66-67,71H,4-7,10,13-16,19,22-24,31-33,35-36,38-65H2,1-3H3,(H,75,76)/b11-8-,12-9-,20-17-,21-18-,28-25-,29-26-,30-27-,37-34-. The van der Waals surface area contributed by atoms with Crippen LogP contribution in [0.2, 0.25) is 0 Å². The lowest BCUT2D eigenvalue weighted by Gasteiger charge is -2.21. The Bertz CT molecular complexity index is 1750. The molecule has 472 valence electrons. The van der Waals surface area contributed by atoms with Gasteiger partial charge in [0.2, 0.25) is 0 Å². The SMILES string of the molecule is CC/C=C\C/C=C\C/C=C\C/C=C\CCCCCCCCC(=O)OC(COC(=O)CCCCCCCCCCC/C=C\CCCCCCCC)COP(=O)(O)OCC(CO)OC(=O)CCCCCCCCC/C=C\C/C=C\C/C=C\CC. The number of esters is 3. The van der Waals surface area contributed by atoms with Crippen LogP contribution < -0.4 is 0 Å². The Labute approximate surface area is 502 Å². The molecule has 0 amide bonds. The zero-order chi connectivity index (χ0) is 59.8. The molecule has 0 aliphatic rings. The minimum absolute atomic E-state index is 0.147. The first kappa shape index (κ1) is 78.4. The van der Waals surface area contributed by atoms with Gasteiger partial charge in [-0.1, -0.05) is 253 Å². The summed E-state index contributed by atoms with van der Waals surface area (Å²) in [6.07, 6.45) is 76.4. The second kappa shape index (κ2) is 63.4. The number of aliphatic hydroxyl groups is 1. The van der Waals surface area contributed by atoms with Gasteiger partial charge < -0.3 is 24.2 Å². The van der Waals surface area contributed by atoms with Gasteiger partial charge in [-0.2, -0.15) is 0 Å². The molecule has 0 fully saturated rings. The summed E-state index contributed by atoms with van der Waals surface area (Å²) in [6.45, 7) is 4.43. The number of hydrogen-bond acceptors (Lipinski definition) is 10. The molecule has 12 heteroatoms. The van der Waals surface area contributed by atoms with Crippen molar-refractivity contribution in [2.75, 3.05) is 26.4 Å². The Morgan fingerprint density at radius 3 is 0.988 bits per heavy atom. The molecule has 0 rings (SSSR count). The molecule has 0 bridgehead atoms. The average molecular weight is 1170 g/mol. The van der Waals surface area contributed by atoms with Crippen molar-refractivity contribution in [3.05, 3.63) is 97.2 Å². The van der Waals surface area contributed by atoms with Crippen LogP contribution in [0.5, 0.6) is 0 Å². The van der Waals surface area contributed by atoms with Gasteiger partial charge in [0.05, 0.1) is 19.8 Å². The van der Waals surface area contributed by atoms with Gasteiger partial charge in [0.1, 0.15) is 12.7 Å². The lowest BCUT2D eigenvalue weighted by Crippen LogP contribution is -2.30. The summed E-state index contributed by atoms with van der Waals surface area (Å²) in [4.78, 5) is 48.8. The predicted molar refractivity (Wildman–Crippen MR) is 344 cm³/mol. The Kier molecular flexibility index (Phi) is 60.6. The minimum atomic E-state index is -4.77. The van der Waals surface area contributed by atoms with Gasteiger partial charge >= 0.3 is 25.7 Å². The molecule has 0 aromatic rings. The van der Waals surface area contributed by atoms with Crippen LogP contribution in [0.25, 0.3) is 0 Å². The molecule has 82 heavy (non-hydrogen) atoms. The van der Waals surface area contributed by atoms with Crippen molar-refractivity contribution in [3.8, 4) is 0 Å². The normalized spacial score (nSPS) is 13.9. The fourth-order valence-electron chi connectivity index (χ4n) is 9.01. The highest BCUT2D eigenvalue weighted by molar-refractivity contribution is 7.47. The van der Waals surface area contributed by atoms with Crippen molar-refractivity contribution in [3.63, 3.8) is 0 Å². The monoisotopic (exact) mass is 1170 g/mol. The van der Waals surface area contributed by atoms with Crippen molar-refractivity contribution in [1.29, 1.82) is 0 Å². The van der Waals surface area contributed by atoms with Crippen molar-refractivity contribution in [2.24, 2.45) is 0 Å². The van der Waals surface area contributed by atoms with Gasteiger partial charge in [-0.3, -0.25) is 23.4 Å². The number of phosphoric acid groups is 1. The largest absolute Gasteiger partial charge is 0.472 e. The Balaban J connectivity index is 4.73. The minimum Gasteiger partial charge on any atom is -0.462 e.